The number of nitrogen functional groups attached to an aromatic ring is 1. The number of nitrogens with zero attached hydrogens (tertiary/aromatic N) is 2. The second kappa shape index (κ2) is 10.5. The number of hydrogen-bond acceptors (Lipinski definition) is 6. The van der Waals surface area contributed by atoms with Crippen LogP contribution in [0.1, 0.15) is 38.7 Å². The summed E-state index contributed by atoms with van der Waals surface area (Å²) in [4.78, 5) is 41.6. The van der Waals surface area contributed by atoms with Gasteiger partial charge in [-0.3, -0.25) is 19.1 Å². The average Bonchev–Trinajstić information content (AvgIpc) is 2.73. The number of methoxy groups -OCH3 is 2. The Hall–Kier alpha value is -3.23. The molecule has 0 aliphatic carbocycles. The molecular formula is C21H30N4O5. The molecule has 1 heterocycles. The molecule has 0 radical (unpaired) electrons. The van der Waals surface area contributed by atoms with E-state index in [0.717, 1.165) is 6.42 Å². The number of unbranched alkanes of at least 4 members (excludes halogenated alkanes) is 1. The van der Waals surface area contributed by atoms with E-state index in [0.29, 0.717) is 43.0 Å². The Morgan fingerprint density at radius 2 is 1.83 bits per heavy atom. The van der Waals surface area contributed by atoms with Crippen molar-refractivity contribution in [2.75, 3.05) is 31.4 Å². The standard InChI is InChI=1S/C21H30N4O5/c1-5-7-11-24(18-19(22)25(10-6-2)21(28)23-20(18)27)17(26)13-14-8-9-15(29-3)16(12-14)30-4/h8-9,12H,5-7,10-11,13,22H2,1-4H3,(H,23,27,28). The second-order valence-electron chi connectivity index (χ2n) is 6.91. The van der Waals surface area contributed by atoms with Crippen molar-refractivity contribution in [1.29, 1.82) is 0 Å². The molecule has 9 nitrogen and oxygen atoms in total. The molecule has 0 atom stereocenters. The summed E-state index contributed by atoms with van der Waals surface area (Å²) < 4.78 is 11.8. The Morgan fingerprint density at radius 1 is 1.13 bits per heavy atom. The number of H-pyrrole nitrogens is 1. The Kier molecular flexibility index (Phi) is 8.08. The molecule has 1 aromatic heterocycles. The van der Waals surface area contributed by atoms with E-state index in [4.69, 9.17) is 15.2 Å². The number of aromatic amines is 1. The van der Waals surface area contributed by atoms with E-state index in [1.165, 1.54) is 23.7 Å². The number of carbonyl (C=O) groups is 1. The van der Waals surface area contributed by atoms with Crippen LogP contribution in [0.5, 0.6) is 11.5 Å². The number of ether oxygens (including phenoxy) is 2. The maximum absolute atomic E-state index is 13.2. The number of benzene rings is 1. The number of rotatable bonds is 10. The maximum atomic E-state index is 13.2. The highest BCUT2D eigenvalue weighted by Gasteiger charge is 2.24. The lowest BCUT2D eigenvalue weighted by Crippen LogP contribution is -2.42. The van der Waals surface area contributed by atoms with Crippen LogP contribution < -0.4 is 31.4 Å². The summed E-state index contributed by atoms with van der Waals surface area (Å²) in [5.41, 5.74) is 5.65. The van der Waals surface area contributed by atoms with E-state index < -0.39 is 11.2 Å². The smallest absolute Gasteiger partial charge is 0.330 e. The molecule has 164 valence electrons. The van der Waals surface area contributed by atoms with E-state index in [9.17, 15) is 14.4 Å². The molecule has 3 N–H and O–H groups in total. The van der Waals surface area contributed by atoms with Crippen LogP contribution in [0.15, 0.2) is 27.8 Å². The minimum absolute atomic E-state index is 0.00219. The number of hydrogen-bond donors (Lipinski definition) is 2. The van der Waals surface area contributed by atoms with Crippen molar-refractivity contribution in [3.05, 3.63) is 44.6 Å². The van der Waals surface area contributed by atoms with Crippen LogP contribution in [-0.4, -0.2) is 36.2 Å². The molecule has 2 rings (SSSR count). The van der Waals surface area contributed by atoms with Crippen LogP contribution in [0.4, 0.5) is 11.5 Å². The zero-order valence-electron chi connectivity index (χ0n) is 18.0. The molecule has 0 unspecified atom stereocenters. The van der Waals surface area contributed by atoms with Gasteiger partial charge in [0.25, 0.3) is 5.56 Å². The summed E-state index contributed by atoms with van der Waals surface area (Å²) in [5.74, 6) is 0.776. The third kappa shape index (κ3) is 5.03. The number of aromatic nitrogens is 2. The van der Waals surface area contributed by atoms with E-state index in [-0.39, 0.29) is 23.8 Å². The fourth-order valence-electron chi connectivity index (χ4n) is 3.22. The van der Waals surface area contributed by atoms with Gasteiger partial charge in [0.15, 0.2) is 17.2 Å². The summed E-state index contributed by atoms with van der Waals surface area (Å²) >= 11 is 0. The van der Waals surface area contributed by atoms with E-state index >= 15 is 0 Å². The molecule has 0 saturated carbocycles. The quantitative estimate of drug-likeness (QED) is 0.608. The van der Waals surface area contributed by atoms with Gasteiger partial charge in [0, 0.05) is 13.1 Å². The van der Waals surface area contributed by atoms with Crippen molar-refractivity contribution in [2.45, 2.75) is 46.1 Å². The lowest BCUT2D eigenvalue weighted by molar-refractivity contribution is -0.118. The Bertz CT molecular complexity index is 996. The highest BCUT2D eigenvalue weighted by molar-refractivity contribution is 5.96. The van der Waals surface area contributed by atoms with Crippen molar-refractivity contribution in [2.24, 2.45) is 0 Å². The molecule has 1 amide bonds. The maximum Gasteiger partial charge on any atom is 0.330 e. The van der Waals surface area contributed by atoms with Gasteiger partial charge in [-0.15, -0.1) is 0 Å². The van der Waals surface area contributed by atoms with Gasteiger partial charge in [0.1, 0.15) is 5.82 Å². The summed E-state index contributed by atoms with van der Waals surface area (Å²) in [6.45, 7) is 4.55. The SMILES string of the molecule is CCCCN(C(=O)Cc1ccc(OC)c(OC)c1)c1c(N)n(CCC)c(=O)[nH]c1=O. The fourth-order valence-corrected chi connectivity index (χ4v) is 3.22. The van der Waals surface area contributed by atoms with Crippen molar-refractivity contribution < 1.29 is 14.3 Å². The minimum atomic E-state index is -0.665. The molecule has 0 saturated heterocycles. The largest absolute Gasteiger partial charge is 0.493 e. The number of nitrogens with one attached hydrogen (secondary N) is 1. The zero-order valence-corrected chi connectivity index (χ0v) is 18.0. The summed E-state index contributed by atoms with van der Waals surface area (Å²) in [6.07, 6.45) is 2.20. The highest BCUT2D eigenvalue weighted by Crippen LogP contribution is 2.28. The predicted molar refractivity (Wildman–Crippen MR) is 117 cm³/mol. The van der Waals surface area contributed by atoms with Gasteiger partial charge in [0.05, 0.1) is 20.6 Å². The van der Waals surface area contributed by atoms with Gasteiger partial charge in [-0.05, 0) is 30.5 Å². The van der Waals surface area contributed by atoms with Crippen LogP contribution in [0, 0.1) is 0 Å². The Balaban J connectivity index is 2.46. The topological polar surface area (TPSA) is 120 Å². The highest BCUT2D eigenvalue weighted by atomic mass is 16.5. The normalized spacial score (nSPS) is 10.7. The van der Waals surface area contributed by atoms with Crippen LogP contribution >= 0.6 is 0 Å². The first-order valence-corrected chi connectivity index (χ1v) is 10.0. The molecule has 0 fully saturated rings. The third-order valence-corrected chi connectivity index (χ3v) is 4.77. The lowest BCUT2D eigenvalue weighted by Gasteiger charge is -2.24. The fraction of sp³-hybridized carbons (Fsp3) is 0.476. The molecule has 9 heteroatoms. The summed E-state index contributed by atoms with van der Waals surface area (Å²) in [5, 5.41) is 0. The van der Waals surface area contributed by atoms with Crippen molar-refractivity contribution in [1.82, 2.24) is 9.55 Å². The second-order valence-corrected chi connectivity index (χ2v) is 6.91. The van der Waals surface area contributed by atoms with Crippen molar-refractivity contribution in [3.8, 4) is 11.5 Å². The minimum Gasteiger partial charge on any atom is -0.493 e. The van der Waals surface area contributed by atoms with Gasteiger partial charge < -0.3 is 20.1 Å². The zero-order chi connectivity index (χ0) is 22.3. The number of carbonyl (C=O) groups excluding carboxylic acids is 1. The van der Waals surface area contributed by atoms with E-state index in [2.05, 4.69) is 4.98 Å². The molecule has 0 aliphatic rings. The number of nitrogens with two attached hydrogens (primary N) is 1. The first kappa shape index (κ1) is 23.1. The van der Waals surface area contributed by atoms with Gasteiger partial charge in [-0.25, -0.2) is 4.79 Å². The van der Waals surface area contributed by atoms with Gasteiger partial charge in [-0.2, -0.15) is 0 Å². The van der Waals surface area contributed by atoms with Crippen LogP contribution in [-0.2, 0) is 17.8 Å². The van der Waals surface area contributed by atoms with E-state index in [1.807, 2.05) is 13.8 Å². The number of amides is 1. The summed E-state index contributed by atoms with van der Waals surface area (Å²) in [7, 11) is 3.06. The van der Waals surface area contributed by atoms with Crippen LogP contribution in [0.2, 0.25) is 0 Å². The molecule has 0 bridgehead atoms. The molecule has 2 aromatic rings. The molecule has 1 aromatic carbocycles. The molecule has 0 spiro atoms. The third-order valence-electron chi connectivity index (χ3n) is 4.77. The number of anilines is 2. The molecule has 30 heavy (non-hydrogen) atoms. The Labute approximate surface area is 175 Å². The van der Waals surface area contributed by atoms with Crippen LogP contribution in [0.25, 0.3) is 0 Å². The first-order chi connectivity index (χ1) is 14.4. The van der Waals surface area contributed by atoms with Crippen molar-refractivity contribution >= 4 is 17.4 Å². The van der Waals surface area contributed by atoms with E-state index in [1.54, 1.807) is 18.2 Å². The van der Waals surface area contributed by atoms with Gasteiger partial charge >= 0.3 is 5.69 Å². The lowest BCUT2D eigenvalue weighted by atomic mass is 10.1. The Morgan fingerprint density at radius 3 is 2.43 bits per heavy atom. The monoisotopic (exact) mass is 418 g/mol. The molecular weight excluding hydrogens is 388 g/mol. The predicted octanol–water partition coefficient (Wildman–Crippen LogP) is 1.92. The van der Waals surface area contributed by atoms with Gasteiger partial charge in [0.2, 0.25) is 5.91 Å². The first-order valence-electron chi connectivity index (χ1n) is 10.0. The average molecular weight is 418 g/mol. The molecule has 0 aliphatic heterocycles. The van der Waals surface area contributed by atoms with Crippen molar-refractivity contribution in [3.63, 3.8) is 0 Å². The van der Waals surface area contributed by atoms with Crippen LogP contribution in [0.3, 0.4) is 0 Å². The van der Waals surface area contributed by atoms with Gasteiger partial charge in [-0.1, -0.05) is 26.3 Å². The summed E-state index contributed by atoms with van der Waals surface area (Å²) in [6, 6.07) is 5.21.